The van der Waals surface area contributed by atoms with E-state index in [1.54, 1.807) is 0 Å². The van der Waals surface area contributed by atoms with Crippen LogP contribution in [0.1, 0.15) is 393 Å². The minimum atomic E-state index is -0.662. The van der Waals surface area contributed by atoms with Crippen LogP contribution in [0.4, 0.5) is 0 Å². The Morgan fingerprint density at radius 2 is 0.562 bits per heavy atom. The lowest BCUT2D eigenvalue weighted by Gasteiger charge is -2.22. The molecule has 0 aromatic rings. The quantitative estimate of drug-likeness (QED) is 0.0417. The molecular formula is C67H133NO5. The first kappa shape index (κ1) is 71.9. The Labute approximate surface area is 457 Å². The van der Waals surface area contributed by atoms with Crippen molar-refractivity contribution in [3.63, 3.8) is 0 Å². The predicted octanol–water partition coefficient (Wildman–Crippen LogP) is 21.4. The number of carbonyl (C=O) groups is 2. The Morgan fingerprint density at radius 3 is 0.836 bits per heavy atom. The van der Waals surface area contributed by atoms with Crippen molar-refractivity contribution in [2.75, 3.05) is 13.2 Å². The van der Waals surface area contributed by atoms with Crippen LogP contribution < -0.4 is 5.32 Å². The highest BCUT2D eigenvalue weighted by Gasteiger charge is 2.20. The van der Waals surface area contributed by atoms with Gasteiger partial charge < -0.3 is 20.3 Å². The molecule has 6 nitrogen and oxygen atoms in total. The minimum absolute atomic E-state index is 0.0200. The summed E-state index contributed by atoms with van der Waals surface area (Å²) >= 11 is 0. The molecule has 0 fully saturated rings. The van der Waals surface area contributed by atoms with E-state index in [1.165, 1.54) is 321 Å². The molecule has 0 saturated heterocycles. The fourth-order valence-electron chi connectivity index (χ4n) is 11.0. The van der Waals surface area contributed by atoms with Crippen molar-refractivity contribution in [3.05, 3.63) is 0 Å². The molecule has 0 radical (unpaired) electrons. The van der Waals surface area contributed by atoms with E-state index >= 15 is 0 Å². The van der Waals surface area contributed by atoms with E-state index in [0.717, 1.165) is 38.5 Å². The first-order chi connectivity index (χ1) is 36.0. The van der Waals surface area contributed by atoms with E-state index in [2.05, 4.69) is 19.2 Å². The number of hydrogen-bond donors (Lipinski definition) is 3. The van der Waals surface area contributed by atoms with Crippen molar-refractivity contribution in [2.45, 2.75) is 405 Å². The molecule has 0 aliphatic carbocycles. The summed E-state index contributed by atoms with van der Waals surface area (Å²) in [5.41, 5.74) is 0. The first-order valence-electron chi connectivity index (χ1n) is 33.8. The molecule has 0 saturated carbocycles. The summed E-state index contributed by atoms with van der Waals surface area (Å²) in [5.74, 6) is -0.00849. The largest absolute Gasteiger partial charge is 0.466 e. The summed E-state index contributed by atoms with van der Waals surface area (Å²) in [6.07, 6.45) is 75.6. The van der Waals surface area contributed by atoms with Gasteiger partial charge in [-0.15, -0.1) is 0 Å². The van der Waals surface area contributed by atoms with E-state index in [4.69, 9.17) is 4.74 Å². The SMILES string of the molecule is CCCCCCCCCCCCCCCCCCCC(O)C(CO)NC(=O)CCCCCCCCCCCCCCCCCCCCCCCCCCCCOC(=O)CCCCCCCCCCCCCCC. The van der Waals surface area contributed by atoms with Crippen molar-refractivity contribution >= 4 is 11.9 Å². The van der Waals surface area contributed by atoms with Gasteiger partial charge in [0.05, 0.1) is 25.4 Å². The third kappa shape index (κ3) is 60.0. The molecule has 0 aromatic heterocycles. The van der Waals surface area contributed by atoms with Crippen LogP contribution in [0.2, 0.25) is 0 Å². The Bertz CT molecular complexity index is 1050. The van der Waals surface area contributed by atoms with E-state index < -0.39 is 12.1 Å². The number of aliphatic hydroxyl groups excluding tert-OH is 2. The van der Waals surface area contributed by atoms with Crippen LogP contribution in [0.5, 0.6) is 0 Å². The Hall–Kier alpha value is -1.14. The van der Waals surface area contributed by atoms with Crippen LogP contribution in [-0.2, 0) is 14.3 Å². The zero-order valence-electron chi connectivity index (χ0n) is 49.9. The lowest BCUT2D eigenvalue weighted by atomic mass is 10.0. The van der Waals surface area contributed by atoms with Crippen molar-refractivity contribution in [1.29, 1.82) is 0 Å². The molecule has 0 heterocycles. The Morgan fingerprint density at radius 1 is 0.329 bits per heavy atom. The van der Waals surface area contributed by atoms with Crippen LogP contribution in [-0.4, -0.2) is 47.4 Å². The van der Waals surface area contributed by atoms with Crippen molar-refractivity contribution < 1.29 is 24.5 Å². The minimum Gasteiger partial charge on any atom is -0.466 e. The lowest BCUT2D eigenvalue weighted by molar-refractivity contribution is -0.143. The smallest absolute Gasteiger partial charge is 0.305 e. The van der Waals surface area contributed by atoms with E-state index in [0.29, 0.717) is 25.9 Å². The zero-order valence-corrected chi connectivity index (χ0v) is 49.9. The molecule has 436 valence electrons. The van der Waals surface area contributed by atoms with Crippen LogP contribution in [0, 0.1) is 0 Å². The third-order valence-electron chi connectivity index (χ3n) is 16.2. The van der Waals surface area contributed by atoms with Crippen LogP contribution in [0.25, 0.3) is 0 Å². The number of nitrogens with one attached hydrogen (secondary N) is 1. The fraction of sp³-hybridized carbons (Fsp3) is 0.970. The molecule has 2 atom stereocenters. The van der Waals surface area contributed by atoms with Gasteiger partial charge in [0.1, 0.15) is 0 Å². The maximum atomic E-state index is 12.5. The van der Waals surface area contributed by atoms with Crippen LogP contribution in [0.3, 0.4) is 0 Å². The summed E-state index contributed by atoms with van der Waals surface area (Å²) in [6.45, 7) is 5.00. The second-order valence-corrected chi connectivity index (χ2v) is 23.5. The number of aliphatic hydroxyl groups is 2. The summed E-state index contributed by atoms with van der Waals surface area (Å²) in [7, 11) is 0. The van der Waals surface area contributed by atoms with Gasteiger partial charge in [-0.25, -0.2) is 0 Å². The number of amides is 1. The summed E-state index contributed by atoms with van der Waals surface area (Å²) in [4.78, 5) is 24.6. The molecule has 0 rings (SSSR count). The van der Waals surface area contributed by atoms with Gasteiger partial charge in [-0.3, -0.25) is 9.59 Å². The number of ether oxygens (including phenoxy) is 1. The van der Waals surface area contributed by atoms with Gasteiger partial charge in [-0.1, -0.05) is 354 Å². The third-order valence-corrected chi connectivity index (χ3v) is 16.2. The van der Waals surface area contributed by atoms with Crippen molar-refractivity contribution in [3.8, 4) is 0 Å². The summed E-state index contributed by atoms with van der Waals surface area (Å²) < 4.78 is 5.49. The van der Waals surface area contributed by atoms with Crippen LogP contribution in [0.15, 0.2) is 0 Å². The average molecular weight is 1030 g/mol. The van der Waals surface area contributed by atoms with Gasteiger partial charge in [-0.2, -0.15) is 0 Å². The molecule has 0 bridgehead atoms. The molecule has 0 spiro atoms. The van der Waals surface area contributed by atoms with Crippen LogP contribution >= 0.6 is 0 Å². The predicted molar refractivity (Wildman–Crippen MR) is 320 cm³/mol. The highest BCUT2D eigenvalue weighted by Crippen LogP contribution is 2.19. The van der Waals surface area contributed by atoms with E-state index in [9.17, 15) is 19.8 Å². The van der Waals surface area contributed by atoms with Gasteiger partial charge in [0.2, 0.25) is 5.91 Å². The molecule has 0 aliphatic heterocycles. The molecule has 6 heteroatoms. The topological polar surface area (TPSA) is 95.9 Å². The monoisotopic (exact) mass is 1030 g/mol. The lowest BCUT2D eigenvalue weighted by Crippen LogP contribution is -2.45. The normalized spacial score (nSPS) is 12.4. The maximum absolute atomic E-state index is 12.5. The Kier molecular flexibility index (Phi) is 62.4. The van der Waals surface area contributed by atoms with Gasteiger partial charge in [0.15, 0.2) is 0 Å². The average Bonchev–Trinajstić information content (AvgIpc) is 3.39. The zero-order chi connectivity index (χ0) is 52.9. The second kappa shape index (κ2) is 63.4. The molecular weight excluding hydrogens is 899 g/mol. The van der Waals surface area contributed by atoms with Gasteiger partial charge >= 0.3 is 5.97 Å². The van der Waals surface area contributed by atoms with Gasteiger partial charge in [-0.05, 0) is 25.7 Å². The molecule has 1 amide bonds. The van der Waals surface area contributed by atoms with Gasteiger partial charge in [0, 0.05) is 12.8 Å². The number of rotatable bonds is 64. The molecule has 3 N–H and O–H groups in total. The summed E-state index contributed by atoms with van der Waals surface area (Å²) in [6, 6.07) is -0.539. The standard InChI is InChI=1S/C67H133NO5/c1-3-5-7-9-11-13-15-17-18-29-32-36-39-43-47-51-55-59-65(70)64(63-69)68-66(71)60-56-52-48-44-40-37-33-30-27-25-23-21-19-20-22-24-26-28-31-34-38-42-46-50-54-58-62-73-67(72)61-57-53-49-45-41-35-16-14-12-10-8-6-4-2/h64-65,69-70H,3-63H2,1-2H3,(H,68,71). The van der Waals surface area contributed by atoms with Gasteiger partial charge in [0.25, 0.3) is 0 Å². The highest BCUT2D eigenvalue weighted by atomic mass is 16.5. The number of esters is 1. The highest BCUT2D eigenvalue weighted by molar-refractivity contribution is 5.76. The molecule has 0 aliphatic rings. The van der Waals surface area contributed by atoms with E-state index in [1.807, 2.05) is 0 Å². The molecule has 2 unspecified atom stereocenters. The number of carbonyl (C=O) groups excluding carboxylic acids is 2. The number of unbranched alkanes of at least 4 members (excludes halogenated alkanes) is 53. The Balaban J connectivity index is 3.34. The second-order valence-electron chi connectivity index (χ2n) is 23.5. The number of hydrogen-bond acceptors (Lipinski definition) is 5. The van der Waals surface area contributed by atoms with Crippen molar-refractivity contribution in [1.82, 2.24) is 5.32 Å². The first-order valence-corrected chi connectivity index (χ1v) is 33.8. The summed E-state index contributed by atoms with van der Waals surface area (Å²) in [5, 5.41) is 23.4. The maximum Gasteiger partial charge on any atom is 0.305 e. The van der Waals surface area contributed by atoms with E-state index in [-0.39, 0.29) is 18.5 Å². The molecule has 0 aromatic carbocycles. The van der Waals surface area contributed by atoms with Crippen molar-refractivity contribution in [2.24, 2.45) is 0 Å². The molecule has 73 heavy (non-hydrogen) atoms. The fourth-order valence-corrected chi connectivity index (χ4v) is 11.0.